The van der Waals surface area contributed by atoms with Crippen LogP contribution in [0.5, 0.6) is 0 Å². The Labute approximate surface area is 120 Å². The highest BCUT2D eigenvalue weighted by Gasteiger charge is 2.43. The molecule has 0 spiro atoms. The van der Waals surface area contributed by atoms with Crippen LogP contribution in [0.3, 0.4) is 0 Å². The van der Waals surface area contributed by atoms with E-state index in [1.807, 2.05) is 27.7 Å². The zero-order valence-electron chi connectivity index (χ0n) is 12.3. The first kappa shape index (κ1) is 15.2. The molecule has 2 N–H and O–H groups in total. The van der Waals surface area contributed by atoms with Gasteiger partial charge in [-0.25, -0.2) is 8.42 Å². The fourth-order valence-corrected chi connectivity index (χ4v) is 4.43. The lowest BCUT2D eigenvalue weighted by molar-refractivity contribution is -0.163. The van der Waals surface area contributed by atoms with Crippen molar-refractivity contribution in [3.63, 3.8) is 0 Å². The topological polar surface area (TPSA) is 85.5 Å². The van der Waals surface area contributed by atoms with E-state index >= 15 is 0 Å². The Bertz CT molecular complexity index is 595. The minimum absolute atomic E-state index is 0.0495. The van der Waals surface area contributed by atoms with Crippen LogP contribution in [-0.4, -0.2) is 42.0 Å². The second-order valence-corrected chi connectivity index (χ2v) is 8.21. The number of morpholine rings is 1. The van der Waals surface area contributed by atoms with E-state index in [0.717, 1.165) is 0 Å². The van der Waals surface area contributed by atoms with Crippen LogP contribution >= 0.6 is 0 Å². The Hall–Kier alpha value is -1.18. The van der Waals surface area contributed by atoms with Crippen molar-refractivity contribution < 1.29 is 13.2 Å². The van der Waals surface area contributed by atoms with Gasteiger partial charge in [0.1, 0.15) is 4.90 Å². The van der Waals surface area contributed by atoms with Crippen LogP contribution < -0.4 is 5.73 Å². The van der Waals surface area contributed by atoms with Gasteiger partial charge < -0.3 is 10.5 Å². The van der Waals surface area contributed by atoms with E-state index in [0.29, 0.717) is 0 Å². The van der Waals surface area contributed by atoms with E-state index in [-0.39, 0.29) is 23.7 Å². The largest absolute Gasteiger partial charge is 0.398 e. The molecule has 0 aliphatic carbocycles. The molecular weight excluding hydrogens is 278 g/mol. The maximum absolute atomic E-state index is 12.7. The van der Waals surface area contributed by atoms with Crippen molar-refractivity contribution in [1.82, 2.24) is 9.29 Å². The number of ether oxygens (including phenoxy) is 1. The van der Waals surface area contributed by atoms with Crippen molar-refractivity contribution in [2.24, 2.45) is 0 Å². The van der Waals surface area contributed by atoms with Crippen LogP contribution in [-0.2, 0) is 14.8 Å². The van der Waals surface area contributed by atoms with Crippen molar-refractivity contribution in [1.29, 1.82) is 0 Å². The molecule has 1 aromatic heterocycles. The van der Waals surface area contributed by atoms with Crippen LogP contribution in [0.4, 0.5) is 5.69 Å². The van der Waals surface area contributed by atoms with Gasteiger partial charge in [0.2, 0.25) is 10.0 Å². The average molecular weight is 299 g/mol. The lowest BCUT2D eigenvalue weighted by atomic mass is 10.0. The summed E-state index contributed by atoms with van der Waals surface area (Å²) in [5.74, 6) is 0. The molecule has 2 heterocycles. The fraction of sp³-hybridized carbons (Fsp3) is 0.615. The molecule has 1 aliphatic heterocycles. The minimum Gasteiger partial charge on any atom is -0.398 e. The number of nitrogens with two attached hydrogens (primary N) is 1. The van der Waals surface area contributed by atoms with Gasteiger partial charge >= 0.3 is 0 Å². The molecule has 1 saturated heterocycles. The molecule has 1 aliphatic rings. The summed E-state index contributed by atoms with van der Waals surface area (Å²) in [4.78, 5) is 3.91. The lowest BCUT2D eigenvalue weighted by Crippen LogP contribution is -2.58. The fourth-order valence-electron chi connectivity index (χ4n) is 2.63. The van der Waals surface area contributed by atoms with Crippen LogP contribution in [0.1, 0.15) is 27.7 Å². The number of hydrogen-bond acceptors (Lipinski definition) is 5. The quantitative estimate of drug-likeness (QED) is 0.888. The second kappa shape index (κ2) is 4.68. The number of aromatic nitrogens is 1. The van der Waals surface area contributed by atoms with Crippen LogP contribution in [0.15, 0.2) is 23.4 Å². The van der Waals surface area contributed by atoms with Gasteiger partial charge in [0.15, 0.2) is 0 Å². The molecule has 0 bridgehead atoms. The Morgan fingerprint density at radius 3 is 2.30 bits per heavy atom. The van der Waals surface area contributed by atoms with Gasteiger partial charge in [-0.1, -0.05) is 0 Å². The molecule has 1 fully saturated rings. The summed E-state index contributed by atoms with van der Waals surface area (Å²) in [6.07, 6.45) is 2.77. The zero-order chi connectivity index (χ0) is 15.2. The summed E-state index contributed by atoms with van der Waals surface area (Å²) >= 11 is 0. The Kier molecular flexibility index (Phi) is 3.56. The first-order chi connectivity index (χ1) is 9.04. The van der Waals surface area contributed by atoms with Gasteiger partial charge in [0.25, 0.3) is 0 Å². The molecule has 6 nitrogen and oxygen atoms in total. The first-order valence-corrected chi connectivity index (χ1v) is 7.87. The number of nitrogens with zero attached hydrogens (tertiary/aromatic N) is 2. The number of sulfonamides is 1. The van der Waals surface area contributed by atoms with Gasteiger partial charge in [-0.15, -0.1) is 0 Å². The molecule has 0 unspecified atom stereocenters. The molecule has 0 atom stereocenters. The van der Waals surface area contributed by atoms with Crippen molar-refractivity contribution in [3.8, 4) is 0 Å². The molecule has 20 heavy (non-hydrogen) atoms. The van der Waals surface area contributed by atoms with Crippen LogP contribution in [0.25, 0.3) is 0 Å². The summed E-state index contributed by atoms with van der Waals surface area (Å²) in [5.41, 5.74) is 4.88. The molecule has 0 aromatic carbocycles. The summed E-state index contributed by atoms with van der Waals surface area (Å²) in [7, 11) is -3.67. The minimum atomic E-state index is -3.67. The third-order valence-electron chi connectivity index (χ3n) is 3.10. The van der Waals surface area contributed by atoms with E-state index in [1.54, 1.807) is 0 Å². The number of hydrogen-bond donors (Lipinski definition) is 1. The molecular formula is C13H21N3O3S. The van der Waals surface area contributed by atoms with Crippen molar-refractivity contribution >= 4 is 15.7 Å². The van der Waals surface area contributed by atoms with Gasteiger partial charge in [-0.3, -0.25) is 4.98 Å². The van der Waals surface area contributed by atoms with Crippen molar-refractivity contribution in [2.45, 2.75) is 43.8 Å². The van der Waals surface area contributed by atoms with Crippen LogP contribution in [0, 0.1) is 0 Å². The highest BCUT2D eigenvalue weighted by atomic mass is 32.2. The lowest BCUT2D eigenvalue weighted by Gasteiger charge is -2.46. The Balaban J connectivity index is 2.42. The summed E-state index contributed by atoms with van der Waals surface area (Å²) in [6.45, 7) is 8.08. The number of anilines is 1. The van der Waals surface area contributed by atoms with Crippen molar-refractivity contribution in [2.75, 3.05) is 18.8 Å². The second-order valence-electron chi connectivity index (χ2n) is 6.31. The van der Waals surface area contributed by atoms with Crippen LogP contribution in [0.2, 0.25) is 0 Å². The predicted octanol–water partition coefficient (Wildman–Crippen LogP) is 1.24. The Morgan fingerprint density at radius 1 is 1.25 bits per heavy atom. The average Bonchev–Trinajstić information content (AvgIpc) is 2.25. The molecule has 0 saturated carbocycles. The molecule has 7 heteroatoms. The SMILES string of the molecule is CC1(C)CN(S(=O)(=O)c2cnccc2N)CC(C)(C)O1. The zero-order valence-corrected chi connectivity index (χ0v) is 13.1. The smallest absolute Gasteiger partial charge is 0.246 e. The first-order valence-electron chi connectivity index (χ1n) is 6.43. The monoisotopic (exact) mass is 299 g/mol. The van der Waals surface area contributed by atoms with E-state index in [1.165, 1.54) is 22.8 Å². The molecule has 0 amide bonds. The van der Waals surface area contributed by atoms with Gasteiger partial charge in [0.05, 0.1) is 16.9 Å². The number of rotatable bonds is 2. The van der Waals surface area contributed by atoms with Gasteiger partial charge in [0, 0.05) is 25.5 Å². The van der Waals surface area contributed by atoms with E-state index in [2.05, 4.69) is 4.98 Å². The number of nitrogen functional groups attached to an aromatic ring is 1. The normalized spacial score (nSPS) is 22.6. The van der Waals surface area contributed by atoms with Gasteiger partial charge in [-0.05, 0) is 33.8 Å². The molecule has 2 rings (SSSR count). The Morgan fingerprint density at radius 2 is 1.80 bits per heavy atom. The van der Waals surface area contributed by atoms with E-state index < -0.39 is 21.2 Å². The van der Waals surface area contributed by atoms with Gasteiger partial charge in [-0.2, -0.15) is 4.31 Å². The summed E-state index contributed by atoms with van der Waals surface area (Å²) < 4.78 is 32.8. The summed E-state index contributed by atoms with van der Waals surface area (Å²) in [6, 6.07) is 1.49. The highest BCUT2D eigenvalue weighted by molar-refractivity contribution is 7.89. The predicted molar refractivity (Wildman–Crippen MR) is 76.7 cm³/mol. The third kappa shape index (κ3) is 2.94. The summed E-state index contributed by atoms with van der Waals surface area (Å²) in [5, 5.41) is 0. The van der Waals surface area contributed by atoms with E-state index in [9.17, 15) is 8.42 Å². The standard InChI is InChI=1S/C13H21N3O3S/c1-12(2)8-16(9-13(3,4)19-12)20(17,18)11-7-15-6-5-10(11)14/h5-7H,8-9H2,1-4H3,(H2,14,15). The highest BCUT2D eigenvalue weighted by Crippen LogP contribution is 2.32. The molecule has 112 valence electrons. The molecule has 1 aromatic rings. The maximum Gasteiger partial charge on any atom is 0.246 e. The van der Waals surface area contributed by atoms with Crippen molar-refractivity contribution in [3.05, 3.63) is 18.5 Å². The third-order valence-corrected chi connectivity index (χ3v) is 4.94. The number of pyridine rings is 1. The maximum atomic E-state index is 12.7. The van der Waals surface area contributed by atoms with E-state index in [4.69, 9.17) is 10.5 Å². The molecule has 0 radical (unpaired) electrons.